The van der Waals surface area contributed by atoms with Gasteiger partial charge in [0.15, 0.2) is 9.84 Å². The molecule has 0 aliphatic heterocycles. The summed E-state index contributed by atoms with van der Waals surface area (Å²) in [5, 5.41) is 0.746. The smallest absolute Gasteiger partial charge is 0.152 e. The molecule has 13 heavy (non-hydrogen) atoms. The molecule has 3 nitrogen and oxygen atoms in total. The SMILES string of the molecule is CCC(CBr)CS(=O)(=O)CCOC. The molecular weight excluding hydrogens is 256 g/mol. The molecule has 0 aliphatic carbocycles. The van der Waals surface area contributed by atoms with Gasteiger partial charge in [-0.2, -0.15) is 0 Å². The van der Waals surface area contributed by atoms with Crippen LogP contribution in [0.25, 0.3) is 0 Å². The number of halogens is 1. The maximum Gasteiger partial charge on any atom is 0.152 e. The zero-order chi connectivity index (χ0) is 10.3. The number of rotatable bonds is 7. The first-order chi connectivity index (χ1) is 6.05. The van der Waals surface area contributed by atoms with Gasteiger partial charge < -0.3 is 4.74 Å². The van der Waals surface area contributed by atoms with E-state index in [1.54, 1.807) is 0 Å². The molecule has 0 radical (unpaired) electrons. The van der Waals surface area contributed by atoms with Crippen molar-refractivity contribution < 1.29 is 13.2 Å². The van der Waals surface area contributed by atoms with Gasteiger partial charge in [-0.05, 0) is 5.92 Å². The van der Waals surface area contributed by atoms with E-state index in [9.17, 15) is 8.42 Å². The molecule has 0 aliphatic rings. The molecule has 0 aromatic heterocycles. The van der Waals surface area contributed by atoms with Crippen molar-refractivity contribution in [2.45, 2.75) is 13.3 Å². The minimum atomic E-state index is -2.92. The average molecular weight is 273 g/mol. The predicted octanol–water partition coefficient (Wildman–Crippen LogP) is 1.47. The van der Waals surface area contributed by atoms with E-state index < -0.39 is 9.84 Å². The molecule has 0 amide bonds. The van der Waals surface area contributed by atoms with Crippen molar-refractivity contribution in [2.75, 3.05) is 30.6 Å². The quantitative estimate of drug-likeness (QED) is 0.660. The molecule has 1 atom stereocenters. The zero-order valence-corrected chi connectivity index (χ0v) is 10.5. The number of hydrogen-bond donors (Lipinski definition) is 0. The Bertz CT molecular complexity index is 209. The fraction of sp³-hybridized carbons (Fsp3) is 1.00. The van der Waals surface area contributed by atoms with Crippen LogP contribution >= 0.6 is 15.9 Å². The molecule has 0 saturated heterocycles. The third kappa shape index (κ3) is 6.46. The molecule has 0 rings (SSSR count). The van der Waals surface area contributed by atoms with Crippen LogP contribution < -0.4 is 0 Å². The van der Waals surface area contributed by atoms with Crippen molar-refractivity contribution in [3.05, 3.63) is 0 Å². The van der Waals surface area contributed by atoms with E-state index in [-0.39, 0.29) is 17.4 Å². The summed E-state index contributed by atoms with van der Waals surface area (Å²) in [7, 11) is -1.41. The monoisotopic (exact) mass is 272 g/mol. The summed E-state index contributed by atoms with van der Waals surface area (Å²) in [6.45, 7) is 2.29. The standard InChI is InChI=1S/C8H17BrO3S/c1-3-8(6-9)7-13(10,11)5-4-12-2/h8H,3-7H2,1-2H3. The predicted molar refractivity (Wildman–Crippen MR) is 58.1 cm³/mol. The highest BCUT2D eigenvalue weighted by molar-refractivity contribution is 9.09. The average Bonchev–Trinajstić information content (AvgIpc) is 2.11. The number of methoxy groups -OCH3 is 1. The minimum absolute atomic E-state index is 0.132. The summed E-state index contributed by atoms with van der Waals surface area (Å²) in [6.07, 6.45) is 0.886. The van der Waals surface area contributed by atoms with Crippen molar-refractivity contribution in [1.29, 1.82) is 0 Å². The molecule has 80 valence electrons. The van der Waals surface area contributed by atoms with Gasteiger partial charge in [-0.25, -0.2) is 8.42 Å². The minimum Gasteiger partial charge on any atom is -0.384 e. The normalized spacial score (nSPS) is 14.4. The zero-order valence-electron chi connectivity index (χ0n) is 8.12. The van der Waals surface area contributed by atoms with Crippen LogP contribution in [-0.4, -0.2) is 39.0 Å². The van der Waals surface area contributed by atoms with E-state index in [0.717, 1.165) is 11.8 Å². The van der Waals surface area contributed by atoms with E-state index in [1.165, 1.54) is 7.11 Å². The fourth-order valence-electron chi connectivity index (χ4n) is 0.924. The Hall–Kier alpha value is 0.390. The largest absolute Gasteiger partial charge is 0.384 e. The van der Waals surface area contributed by atoms with E-state index in [0.29, 0.717) is 6.61 Å². The summed E-state index contributed by atoms with van der Waals surface area (Å²) in [6, 6.07) is 0. The van der Waals surface area contributed by atoms with Gasteiger partial charge in [-0.15, -0.1) is 0 Å². The van der Waals surface area contributed by atoms with Gasteiger partial charge in [-0.1, -0.05) is 29.3 Å². The molecule has 0 spiro atoms. The Kier molecular flexibility index (Phi) is 6.99. The number of alkyl halides is 1. The van der Waals surface area contributed by atoms with E-state index in [4.69, 9.17) is 4.74 Å². The third-order valence-electron chi connectivity index (χ3n) is 1.88. The molecule has 0 N–H and O–H groups in total. The van der Waals surface area contributed by atoms with E-state index in [1.807, 2.05) is 6.92 Å². The summed E-state index contributed by atoms with van der Waals surface area (Å²) in [5.74, 6) is 0.618. The van der Waals surface area contributed by atoms with Crippen molar-refractivity contribution in [2.24, 2.45) is 5.92 Å². The van der Waals surface area contributed by atoms with Crippen LogP contribution in [0.1, 0.15) is 13.3 Å². The third-order valence-corrected chi connectivity index (χ3v) is 4.57. The van der Waals surface area contributed by atoms with Gasteiger partial charge in [0.2, 0.25) is 0 Å². The first kappa shape index (κ1) is 13.4. The molecule has 0 heterocycles. The van der Waals surface area contributed by atoms with Crippen LogP contribution in [0.5, 0.6) is 0 Å². The topological polar surface area (TPSA) is 43.4 Å². The molecule has 0 aromatic carbocycles. The maximum atomic E-state index is 11.4. The highest BCUT2D eigenvalue weighted by Crippen LogP contribution is 2.10. The summed E-state index contributed by atoms with van der Waals surface area (Å²) in [4.78, 5) is 0. The second-order valence-corrected chi connectivity index (χ2v) is 5.91. The van der Waals surface area contributed by atoms with E-state index >= 15 is 0 Å². The van der Waals surface area contributed by atoms with Crippen LogP contribution in [0.2, 0.25) is 0 Å². The van der Waals surface area contributed by atoms with Gasteiger partial charge in [0.25, 0.3) is 0 Å². The lowest BCUT2D eigenvalue weighted by atomic mass is 10.2. The van der Waals surface area contributed by atoms with Crippen molar-refractivity contribution in [1.82, 2.24) is 0 Å². The molecule has 0 fully saturated rings. The molecule has 5 heteroatoms. The second kappa shape index (κ2) is 6.79. The Labute approximate surface area is 88.9 Å². The lowest BCUT2D eigenvalue weighted by Crippen LogP contribution is -2.21. The van der Waals surface area contributed by atoms with Crippen molar-refractivity contribution in [3.63, 3.8) is 0 Å². The summed E-state index contributed by atoms with van der Waals surface area (Å²) < 4.78 is 27.6. The Morgan fingerprint density at radius 3 is 2.46 bits per heavy atom. The van der Waals surface area contributed by atoms with Gasteiger partial charge >= 0.3 is 0 Å². The van der Waals surface area contributed by atoms with Gasteiger partial charge in [0, 0.05) is 12.4 Å². The molecule has 0 bridgehead atoms. The fourth-order valence-corrected chi connectivity index (χ4v) is 3.57. The van der Waals surface area contributed by atoms with Crippen molar-refractivity contribution >= 4 is 25.8 Å². The summed E-state index contributed by atoms with van der Waals surface area (Å²) in [5.41, 5.74) is 0. The Balaban J connectivity index is 4.00. The molecular formula is C8H17BrO3S. The highest BCUT2D eigenvalue weighted by Gasteiger charge is 2.16. The van der Waals surface area contributed by atoms with Crippen LogP contribution in [-0.2, 0) is 14.6 Å². The molecule has 0 saturated carbocycles. The van der Waals surface area contributed by atoms with Crippen LogP contribution in [0.3, 0.4) is 0 Å². The molecule has 1 unspecified atom stereocenters. The second-order valence-electron chi connectivity index (χ2n) is 3.04. The van der Waals surface area contributed by atoms with Gasteiger partial charge in [0.05, 0.1) is 18.1 Å². The Morgan fingerprint density at radius 1 is 1.46 bits per heavy atom. The highest BCUT2D eigenvalue weighted by atomic mass is 79.9. The lowest BCUT2D eigenvalue weighted by molar-refractivity contribution is 0.217. The van der Waals surface area contributed by atoms with Crippen molar-refractivity contribution in [3.8, 4) is 0 Å². The first-order valence-corrected chi connectivity index (χ1v) is 7.25. The molecule has 0 aromatic rings. The van der Waals surface area contributed by atoms with E-state index in [2.05, 4.69) is 15.9 Å². The van der Waals surface area contributed by atoms with Gasteiger partial charge in [-0.3, -0.25) is 0 Å². The number of hydrogen-bond acceptors (Lipinski definition) is 3. The first-order valence-electron chi connectivity index (χ1n) is 4.31. The number of ether oxygens (including phenoxy) is 1. The van der Waals surface area contributed by atoms with Gasteiger partial charge in [0.1, 0.15) is 0 Å². The summed E-state index contributed by atoms with van der Waals surface area (Å²) >= 11 is 3.30. The number of sulfone groups is 1. The lowest BCUT2D eigenvalue weighted by Gasteiger charge is -2.11. The van der Waals surface area contributed by atoms with Crippen LogP contribution in [0.15, 0.2) is 0 Å². The Morgan fingerprint density at radius 2 is 2.08 bits per heavy atom. The van der Waals surface area contributed by atoms with Crippen LogP contribution in [0.4, 0.5) is 0 Å². The van der Waals surface area contributed by atoms with Crippen LogP contribution in [0, 0.1) is 5.92 Å². The maximum absolute atomic E-state index is 11.4.